The molecule has 1 atom stereocenters. The van der Waals surface area contributed by atoms with Crippen LogP contribution in [0.25, 0.3) is 0 Å². The summed E-state index contributed by atoms with van der Waals surface area (Å²) in [6.07, 6.45) is 13.5. The molecule has 0 bridgehead atoms. The van der Waals surface area contributed by atoms with Gasteiger partial charge in [-0.05, 0) is 19.3 Å². The van der Waals surface area contributed by atoms with Gasteiger partial charge in [0.25, 0.3) is 0 Å². The third kappa shape index (κ3) is 3.45. The van der Waals surface area contributed by atoms with E-state index in [1.807, 2.05) is 0 Å². The van der Waals surface area contributed by atoms with Crippen molar-refractivity contribution in [3.05, 3.63) is 0 Å². The molecule has 0 amide bonds. The second-order valence-electron chi connectivity index (χ2n) is 5.83. The zero-order chi connectivity index (χ0) is 12.0. The van der Waals surface area contributed by atoms with Crippen LogP contribution in [0.4, 0.5) is 0 Å². The SMILES string of the molecule is CCCCC1NCCOC12CCCCCCC2. The van der Waals surface area contributed by atoms with Gasteiger partial charge in [0, 0.05) is 12.6 Å². The van der Waals surface area contributed by atoms with E-state index in [-0.39, 0.29) is 5.60 Å². The lowest BCUT2D eigenvalue weighted by atomic mass is 9.78. The summed E-state index contributed by atoms with van der Waals surface area (Å²) in [4.78, 5) is 0. The third-order valence-electron chi connectivity index (χ3n) is 4.56. The molecule has 1 aliphatic carbocycles. The Morgan fingerprint density at radius 1 is 1.12 bits per heavy atom. The molecular weight excluding hydrogens is 210 g/mol. The molecule has 2 rings (SSSR count). The van der Waals surface area contributed by atoms with E-state index in [1.165, 1.54) is 64.2 Å². The van der Waals surface area contributed by atoms with E-state index >= 15 is 0 Å². The first kappa shape index (κ1) is 13.4. The largest absolute Gasteiger partial charge is 0.372 e. The van der Waals surface area contributed by atoms with E-state index in [2.05, 4.69) is 12.2 Å². The molecular formula is C15H29NO. The van der Waals surface area contributed by atoms with Crippen molar-refractivity contribution in [2.24, 2.45) is 0 Å². The molecule has 1 unspecified atom stereocenters. The van der Waals surface area contributed by atoms with Gasteiger partial charge in [0.1, 0.15) is 0 Å². The minimum atomic E-state index is 0.188. The van der Waals surface area contributed by atoms with Gasteiger partial charge in [-0.1, -0.05) is 51.9 Å². The zero-order valence-electron chi connectivity index (χ0n) is 11.5. The van der Waals surface area contributed by atoms with Crippen LogP contribution < -0.4 is 5.32 Å². The smallest absolute Gasteiger partial charge is 0.0835 e. The highest BCUT2D eigenvalue weighted by Gasteiger charge is 2.40. The number of hydrogen-bond acceptors (Lipinski definition) is 2. The van der Waals surface area contributed by atoms with Crippen LogP contribution in [0.3, 0.4) is 0 Å². The minimum Gasteiger partial charge on any atom is -0.372 e. The Morgan fingerprint density at radius 2 is 1.82 bits per heavy atom. The van der Waals surface area contributed by atoms with Crippen LogP contribution >= 0.6 is 0 Å². The van der Waals surface area contributed by atoms with Crippen molar-refractivity contribution >= 4 is 0 Å². The van der Waals surface area contributed by atoms with Gasteiger partial charge >= 0.3 is 0 Å². The third-order valence-corrected chi connectivity index (χ3v) is 4.56. The van der Waals surface area contributed by atoms with Crippen LogP contribution in [0.5, 0.6) is 0 Å². The molecule has 0 aromatic heterocycles. The highest BCUT2D eigenvalue weighted by Crippen LogP contribution is 2.36. The topological polar surface area (TPSA) is 21.3 Å². The van der Waals surface area contributed by atoms with Gasteiger partial charge in [-0.15, -0.1) is 0 Å². The average molecular weight is 239 g/mol. The fraction of sp³-hybridized carbons (Fsp3) is 1.00. The molecule has 2 heteroatoms. The number of unbranched alkanes of at least 4 members (excludes halogenated alkanes) is 1. The molecule has 1 saturated heterocycles. The molecule has 100 valence electrons. The second-order valence-corrected chi connectivity index (χ2v) is 5.83. The molecule has 0 aromatic rings. The standard InChI is InChI=1S/C15H29NO/c1-2-3-9-14-15(17-13-12-16-14)10-7-5-4-6-8-11-15/h14,16H,2-13H2,1H3. The molecule has 0 aromatic carbocycles. The Kier molecular flexibility index (Phi) is 5.30. The van der Waals surface area contributed by atoms with Crippen molar-refractivity contribution in [3.8, 4) is 0 Å². The van der Waals surface area contributed by atoms with E-state index in [0.29, 0.717) is 6.04 Å². The molecule has 2 nitrogen and oxygen atoms in total. The molecule has 2 aliphatic rings. The maximum absolute atomic E-state index is 6.29. The summed E-state index contributed by atoms with van der Waals surface area (Å²) in [7, 11) is 0. The van der Waals surface area contributed by atoms with Crippen LogP contribution in [-0.4, -0.2) is 24.8 Å². The highest BCUT2D eigenvalue weighted by atomic mass is 16.5. The minimum absolute atomic E-state index is 0.188. The monoisotopic (exact) mass is 239 g/mol. The fourth-order valence-corrected chi connectivity index (χ4v) is 3.54. The van der Waals surface area contributed by atoms with Crippen molar-refractivity contribution in [2.45, 2.75) is 82.8 Å². The molecule has 2 fully saturated rings. The number of rotatable bonds is 3. The molecule has 1 aliphatic heterocycles. The normalized spacial score (nSPS) is 29.8. The van der Waals surface area contributed by atoms with Crippen LogP contribution in [0.2, 0.25) is 0 Å². The van der Waals surface area contributed by atoms with E-state index in [4.69, 9.17) is 4.74 Å². The van der Waals surface area contributed by atoms with Gasteiger partial charge in [-0.2, -0.15) is 0 Å². The van der Waals surface area contributed by atoms with Gasteiger partial charge < -0.3 is 10.1 Å². The predicted octanol–water partition coefficient (Wildman–Crippen LogP) is 3.65. The predicted molar refractivity (Wildman–Crippen MR) is 72.3 cm³/mol. The van der Waals surface area contributed by atoms with E-state index < -0.39 is 0 Å². The number of nitrogens with one attached hydrogen (secondary N) is 1. The van der Waals surface area contributed by atoms with Crippen molar-refractivity contribution in [2.75, 3.05) is 13.2 Å². The van der Waals surface area contributed by atoms with Gasteiger partial charge in [0.15, 0.2) is 0 Å². The molecule has 17 heavy (non-hydrogen) atoms. The summed E-state index contributed by atoms with van der Waals surface area (Å²) < 4.78 is 6.29. The van der Waals surface area contributed by atoms with Crippen LogP contribution in [0.15, 0.2) is 0 Å². The maximum Gasteiger partial charge on any atom is 0.0835 e. The Morgan fingerprint density at radius 3 is 2.53 bits per heavy atom. The molecule has 0 radical (unpaired) electrons. The number of morpholine rings is 1. The number of hydrogen-bond donors (Lipinski definition) is 1. The summed E-state index contributed by atoms with van der Waals surface area (Å²) in [6, 6.07) is 0.620. The average Bonchev–Trinajstić information content (AvgIpc) is 2.33. The van der Waals surface area contributed by atoms with Gasteiger partial charge in [0.05, 0.1) is 12.2 Å². The zero-order valence-corrected chi connectivity index (χ0v) is 11.5. The van der Waals surface area contributed by atoms with Crippen molar-refractivity contribution in [1.29, 1.82) is 0 Å². The molecule has 1 heterocycles. The first-order valence-corrected chi connectivity index (χ1v) is 7.75. The van der Waals surface area contributed by atoms with E-state index in [9.17, 15) is 0 Å². The highest BCUT2D eigenvalue weighted by molar-refractivity contribution is 4.96. The molecule has 1 saturated carbocycles. The van der Waals surface area contributed by atoms with Crippen molar-refractivity contribution < 1.29 is 4.74 Å². The summed E-state index contributed by atoms with van der Waals surface area (Å²) in [5.41, 5.74) is 0.188. The van der Waals surface area contributed by atoms with Crippen LogP contribution in [0, 0.1) is 0 Å². The maximum atomic E-state index is 6.29. The quantitative estimate of drug-likeness (QED) is 0.811. The Bertz CT molecular complexity index is 209. The van der Waals surface area contributed by atoms with Crippen molar-refractivity contribution in [1.82, 2.24) is 5.32 Å². The lowest BCUT2D eigenvalue weighted by Crippen LogP contribution is -2.58. The first-order chi connectivity index (χ1) is 8.37. The van der Waals surface area contributed by atoms with E-state index in [1.54, 1.807) is 0 Å². The number of ether oxygens (including phenoxy) is 1. The Balaban J connectivity index is 1.99. The molecule has 1 spiro atoms. The lowest BCUT2D eigenvalue weighted by Gasteiger charge is -2.46. The Hall–Kier alpha value is -0.0800. The summed E-state index contributed by atoms with van der Waals surface area (Å²) in [5.74, 6) is 0. The summed E-state index contributed by atoms with van der Waals surface area (Å²) in [6.45, 7) is 4.26. The van der Waals surface area contributed by atoms with Crippen molar-refractivity contribution in [3.63, 3.8) is 0 Å². The first-order valence-electron chi connectivity index (χ1n) is 7.75. The lowest BCUT2D eigenvalue weighted by molar-refractivity contribution is -0.113. The summed E-state index contributed by atoms with van der Waals surface area (Å²) >= 11 is 0. The van der Waals surface area contributed by atoms with Gasteiger partial charge in [0.2, 0.25) is 0 Å². The van der Waals surface area contributed by atoms with Gasteiger partial charge in [-0.3, -0.25) is 0 Å². The fourth-order valence-electron chi connectivity index (χ4n) is 3.54. The van der Waals surface area contributed by atoms with E-state index in [0.717, 1.165) is 13.2 Å². The molecule has 1 N–H and O–H groups in total. The second kappa shape index (κ2) is 6.75. The summed E-state index contributed by atoms with van der Waals surface area (Å²) in [5, 5.41) is 3.74. The van der Waals surface area contributed by atoms with Crippen LogP contribution in [-0.2, 0) is 4.74 Å². The van der Waals surface area contributed by atoms with Crippen LogP contribution in [0.1, 0.15) is 71.1 Å². The Labute approximate surface area is 107 Å². The van der Waals surface area contributed by atoms with Gasteiger partial charge in [-0.25, -0.2) is 0 Å².